The van der Waals surface area contributed by atoms with E-state index >= 15 is 0 Å². The van der Waals surface area contributed by atoms with Crippen LogP contribution in [0, 0.1) is 5.92 Å². The quantitative estimate of drug-likeness (QED) is 0.191. The molecule has 1 unspecified atom stereocenters. The molecule has 2 heterocycles. The van der Waals surface area contributed by atoms with E-state index in [9.17, 15) is 27.6 Å². The number of nitrogens with zero attached hydrogens (tertiary/aromatic N) is 1. The van der Waals surface area contributed by atoms with Crippen molar-refractivity contribution in [3.63, 3.8) is 0 Å². The predicted octanol–water partition coefficient (Wildman–Crippen LogP) is 3.03. The van der Waals surface area contributed by atoms with Crippen molar-refractivity contribution in [2.24, 2.45) is 5.92 Å². The first-order valence-corrected chi connectivity index (χ1v) is 16.6. The number of rotatable bonds is 11. The summed E-state index contributed by atoms with van der Waals surface area (Å²) in [6.45, 7) is 2.62. The van der Waals surface area contributed by atoms with E-state index in [1.807, 2.05) is 12.1 Å². The number of carbonyl (C=O) groups is 4. The maximum atomic E-state index is 12.9. The van der Waals surface area contributed by atoms with Crippen LogP contribution in [-0.2, 0) is 35.6 Å². The van der Waals surface area contributed by atoms with Crippen molar-refractivity contribution >= 4 is 33.9 Å². The zero-order valence-electron chi connectivity index (χ0n) is 25.6. The Morgan fingerprint density at radius 3 is 1.98 bits per heavy atom. The van der Waals surface area contributed by atoms with Crippen molar-refractivity contribution in [2.75, 3.05) is 26.7 Å². The third-order valence-electron chi connectivity index (χ3n) is 8.06. The van der Waals surface area contributed by atoms with Gasteiger partial charge in [0.1, 0.15) is 0 Å². The van der Waals surface area contributed by atoms with Gasteiger partial charge in [0, 0.05) is 42.9 Å². The van der Waals surface area contributed by atoms with Gasteiger partial charge in [-0.05, 0) is 81.4 Å². The Kier molecular flexibility index (Phi) is 15.9. The minimum Gasteiger partial charge on any atom is -0.478 e. The lowest BCUT2D eigenvalue weighted by Gasteiger charge is -2.32. The van der Waals surface area contributed by atoms with Gasteiger partial charge < -0.3 is 30.6 Å². The van der Waals surface area contributed by atoms with Crippen LogP contribution in [0.15, 0.2) is 47.4 Å². The van der Waals surface area contributed by atoms with Gasteiger partial charge >= 0.3 is 23.9 Å². The number of aliphatic carboxylic acids is 4. The van der Waals surface area contributed by atoms with Gasteiger partial charge in [0.2, 0.25) is 10.0 Å². The van der Waals surface area contributed by atoms with Crippen molar-refractivity contribution in [1.82, 2.24) is 14.9 Å². The van der Waals surface area contributed by atoms with Crippen LogP contribution >= 0.6 is 0 Å². The molecule has 0 radical (unpaired) electrons. The Labute approximate surface area is 264 Å². The molecule has 0 amide bonds. The molecule has 1 aromatic rings. The van der Waals surface area contributed by atoms with E-state index < -0.39 is 33.9 Å². The topological polar surface area (TPSA) is 211 Å². The molecule has 0 bridgehead atoms. The molecule has 1 saturated heterocycles. The van der Waals surface area contributed by atoms with Crippen LogP contribution in [0.2, 0.25) is 0 Å². The number of benzene rings is 1. The monoisotopic (exact) mass is 651 g/mol. The van der Waals surface area contributed by atoms with Crippen LogP contribution in [-0.4, -0.2) is 90.3 Å². The number of sulfonamides is 1. The van der Waals surface area contributed by atoms with Crippen molar-refractivity contribution in [1.29, 1.82) is 0 Å². The normalized spacial score (nSPS) is 20.5. The Hall–Kier alpha value is -3.59. The molecule has 1 saturated carbocycles. The summed E-state index contributed by atoms with van der Waals surface area (Å²) in [7, 11) is -1.32. The van der Waals surface area contributed by atoms with Gasteiger partial charge in [0.15, 0.2) is 0 Å². The van der Waals surface area contributed by atoms with Gasteiger partial charge in [-0.3, -0.25) is 0 Å². The first kappa shape index (κ1) is 37.6. The maximum absolute atomic E-state index is 12.9. The van der Waals surface area contributed by atoms with Crippen LogP contribution in [0.4, 0.5) is 0 Å². The summed E-state index contributed by atoms with van der Waals surface area (Å²) in [5.41, 5.74) is 2.52. The summed E-state index contributed by atoms with van der Waals surface area (Å²) >= 11 is 0. The summed E-state index contributed by atoms with van der Waals surface area (Å²) in [4.78, 5) is 41.0. The standard InChI is InChI=1S/C23H37N3O2S.2C4H4O4/c1-26-15-5-8-20(26)12-14-25-29(27,28)21-10-9-19-11-13-24-23(22(19)17-21)16-18-6-3-2-4-7-18;2*5-3(6)1-2-4(7)8/h9-10,17-18,20,23-25H,2-8,11-16H2,1H3;2*1-2H,(H,5,6)(H,7,8)/b;2*2-1+/t20-,23?;;/m0../s1. The number of hydrogen-bond acceptors (Lipinski definition) is 8. The van der Waals surface area contributed by atoms with Crippen LogP contribution in [0.1, 0.15) is 75.0 Å². The molecule has 2 atom stereocenters. The zero-order valence-corrected chi connectivity index (χ0v) is 26.4. The Bertz CT molecular complexity index is 1260. The van der Waals surface area contributed by atoms with E-state index in [-0.39, 0.29) is 0 Å². The minimum atomic E-state index is -3.46. The van der Waals surface area contributed by atoms with Crippen LogP contribution in [0.25, 0.3) is 0 Å². The molecular weight excluding hydrogens is 606 g/mol. The van der Waals surface area contributed by atoms with Crippen LogP contribution in [0.3, 0.4) is 0 Å². The van der Waals surface area contributed by atoms with Crippen molar-refractivity contribution in [3.8, 4) is 0 Å². The Balaban J connectivity index is 0.000000365. The van der Waals surface area contributed by atoms with E-state index in [2.05, 4.69) is 22.0 Å². The molecule has 14 heteroatoms. The highest BCUT2D eigenvalue weighted by molar-refractivity contribution is 7.89. The van der Waals surface area contributed by atoms with E-state index in [1.165, 1.54) is 56.1 Å². The van der Waals surface area contributed by atoms with Gasteiger partial charge in [0.25, 0.3) is 0 Å². The fraction of sp³-hybridized carbons (Fsp3) is 0.548. The van der Waals surface area contributed by atoms with Crippen molar-refractivity contribution < 1.29 is 48.0 Å². The molecule has 250 valence electrons. The van der Waals surface area contributed by atoms with Crippen molar-refractivity contribution in [3.05, 3.63) is 53.6 Å². The second-order valence-corrected chi connectivity index (χ2v) is 13.1. The third kappa shape index (κ3) is 14.4. The van der Waals surface area contributed by atoms with Crippen LogP contribution in [0.5, 0.6) is 0 Å². The zero-order chi connectivity index (χ0) is 33.4. The molecule has 2 fully saturated rings. The fourth-order valence-electron chi connectivity index (χ4n) is 5.82. The summed E-state index contributed by atoms with van der Waals surface area (Å²) in [6, 6.07) is 6.59. The first-order valence-electron chi connectivity index (χ1n) is 15.1. The largest absolute Gasteiger partial charge is 0.478 e. The summed E-state index contributed by atoms with van der Waals surface area (Å²) in [5.74, 6) is -4.26. The van der Waals surface area contributed by atoms with E-state index in [0.29, 0.717) is 47.8 Å². The SMILES string of the molecule is CN1CCC[C@H]1CCNS(=O)(=O)c1ccc2c(c1)C(CC1CCCCC1)NCC2.O=C(O)/C=C/C(=O)O.O=C(O)/C=C/C(=O)O. The number of nitrogens with one attached hydrogen (secondary N) is 2. The number of carboxylic acids is 4. The number of fused-ring (bicyclic) bond motifs is 1. The fourth-order valence-corrected chi connectivity index (χ4v) is 6.90. The molecule has 6 N–H and O–H groups in total. The average molecular weight is 652 g/mol. The highest BCUT2D eigenvalue weighted by atomic mass is 32.2. The molecular formula is C31H45N3O10S. The highest BCUT2D eigenvalue weighted by Gasteiger charge is 2.27. The van der Waals surface area contributed by atoms with Gasteiger partial charge in [-0.15, -0.1) is 0 Å². The summed E-state index contributed by atoms with van der Waals surface area (Å²) < 4.78 is 28.7. The smallest absolute Gasteiger partial charge is 0.328 e. The van der Waals surface area contributed by atoms with E-state index in [0.717, 1.165) is 38.3 Å². The molecule has 13 nitrogen and oxygen atoms in total. The lowest BCUT2D eigenvalue weighted by atomic mass is 9.81. The first-order chi connectivity index (χ1) is 21.3. The molecule has 4 rings (SSSR count). The molecule has 45 heavy (non-hydrogen) atoms. The molecule has 1 aliphatic carbocycles. The predicted molar refractivity (Wildman–Crippen MR) is 166 cm³/mol. The summed E-state index contributed by atoms with van der Waals surface area (Å²) in [5, 5.41) is 34.9. The maximum Gasteiger partial charge on any atom is 0.328 e. The van der Waals surface area contributed by atoms with Gasteiger partial charge in [-0.25, -0.2) is 32.3 Å². The second-order valence-electron chi connectivity index (χ2n) is 11.3. The van der Waals surface area contributed by atoms with Crippen molar-refractivity contribution in [2.45, 2.75) is 81.2 Å². The third-order valence-corrected chi connectivity index (χ3v) is 9.52. The summed E-state index contributed by atoms with van der Waals surface area (Å²) in [6.07, 6.45) is 14.3. The second kappa shape index (κ2) is 19.0. The number of carboxylic acid groups (broad SMARTS) is 4. The van der Waals surface area contributed by atoms with E-state index in [1.54, 1.807) is 6.07 Å². The molecule has 0 aromatic heterocycles. The van der Waals surface area contributed by atoms with Gasteiger partial charge in [-0.2, -0.15) is 0 Å². The Morgan fingerprint density at radius 2 is 1.47 bits per heavy atom. The lowest BCUT2D eigenvalue weighted by Crippen LogP contribution is -2.33. The lowest BCUT2D eigenvalue weighted by molar-refractivity contribution is -0.134. The molecule has 1 aromatic carbocycles. The van der Waals surface area contributed by atoms with Crippen LogP contribution < -0.4 is 10.0 Å². The molecule has 2 aliphatic heterocycles. The average Bonchev–Trinajstić information content (AvgIpc) is 3.40. The molecule has 3 aliphatic rings. The Morgan fingerprint density at radius 1 is 0.889 bits per heavy atom. The number of hydrogen-bond donors (Lipinski definition) is 6. The van der Waals surface area contributed by atoms with E-state index in [4.69, 9.17) is 20.4 Å². The molecule has 0 spiro atoms. The van der Waals surface area contributed by atoms with Gasteiger partial charge in [-0.1, -0.05) is 38.2 Å². The highest BCUT2D eigenvalue weighted by Crippen LogP contribution is 2.35. The number of likely N-dealkylation sites (tertiary alicyclic amines) is 1. The minimum absolute atomic E-state index is 0.295. The van der Waals surface area contributed by atoms with Gasteiger partial charge in [0.05, 0.1) is 4.90 Å².